The van der Waals surface area contributed by atoms with Crippen LogP contribution < -0.4 is 10.6 Å². The molecular weight excluding hydrogens is 232 g/mol. The summed E-state index contributed by atoms with van der Waals surface area (Å²) in [6.07, 6.45) is 1.92. The van der Waals surface area contributed by atoms with E-state index in [1.54, 1.807) is 0 Å². The van der Waals surface area contributed by atoms with Crippen molar-refractivity contribution in [1.82, 2.24) is 0 Å². The lowest BCUT2D eigenvalue weighted by atomic mass is 10.0. The molecule has 0 aromatic heterocycles. The zero-order valence-electron chi connectivity index (χ0n) is 11.7. The molecule has 0 fully saturated rings. The van der Waals surface area contributed by atoms with Crippen LogP contribution >= 0.6 is 0 Å². The van der Waals surface area contributed by atoms with Gasteiger partial charge in [0, 0.05) is 24.5 Å². The predicted molar refractivity (Wildman–Crippen MR) is 82.9 cm³/mol. The Balaban J connectivity index is 2.29. The summed E-state index contributed by atoms with van der Waals surface area (Å²) in [6, 6.07) is 19.1. The Morgan fingerprint density at radius 1 is 1.00 bits per heavy atom. The Hall–Kier alpha value is -1.80. The van der Waals surface area contributed by atoms with E-state index in [0.29, 0.717) is 0 Å². The summed E-state index contributed by atoms with van der Waals surface area (Å²) in [5.74, 6) is 0. The lowest BCUT2D eigenvalue weighted by Crippen LogP contribution is -2.23. The fraction of sp³-hybridized carbons (Fsp3) is 0.294. The minimum atomic E-state index is 0.227. The van der Waals surface area contributed by atoms with E-state index < -0.39 is 0 Å². The van der Waals surface area contributed by atoms with Crippen LogP contribution in [0.4, 0.5) is 11.4 Å². The standard InChI is InChI=1S/C17H22N2/c1-3-15(18)13-14-9-7-8-12-17(14)19(2)16-10-5-4-6-11-16/h4-12,15H,3,13,18H2,1-2H3. The minimum absolute atomic E-state index is 0.227. The largest absolute Gasteiger partial charge is 0.344 e. The first kappa shape index (κ1) is 13.6. The van der Waals surface area contributed by atoms with Crippen LogP contribution in [0, 0.1) is 0 Å². The summed E-state index contributed by atoms with van der Waals surface area (Å²) in [7, 11) is 2.10. The molecule has 0 saturated heterocycles. The SMILES string of the molecule is CCC(N)Cc1ccccc1N(C)c1ccccc1. The van der Waals surface area contributed by atoms with Crippen molar-refractivity contribution < 1.29 is 0 Å². The van der Waals surface area contributed by atoms with Gasteiger partial charge in [0.15, 0.2) is 0 Å². The van der Waals surface area contributed by atoms with Gasteiger partial charge < -0.3 is 10.6 Å². The Morgan fingerprint density at radius 2 is 1.63 bits per heavy atom. The molecule has 0 saturated carbocycles. The Bertz CT molecular complexity index is 508. The summed E-state index contributed by atoms with van der Waals surface area (Å²) in [6.45, 7) is 2.13. The second-order valence-electron chi connectivity index (χ2n) is 4.90. The van der Waals surface area contributed by atoms with E-state index in [-0.39, 0.29) is 6.04 Å². The van der Waals surface area contributed by atoms with E-state index >= 15 is 0 Å². The van der Waals surface area contributed by atoms with Crippen LogP contribution in [0.2, 0.25) is 0 Å². The van der Waals surface area contributed by atoms with Crippen molar-refractivity contribution >= 4 is 11.4 Å². The van der Waals surface area contributed by atoms with Gasteiger partial charge in [-0.15, -0.1) is 0 Å². The molecule has 0 radical (unpaired) electrons. The van der Waals surface area contributed by atoms with Crippen molar-refractivity contribution in [2.75, 3.05) is 11.9 Å². The normalized spacial score (nSPS) is 12.2. The molecule has 2 nitrogen and oxygen atoms in total. The van der Waals surface area contributed by atoms with Gasteiger partial charge in [0.2, 0.25) is 0 Å². The number of nitrogens with zero attached hydrogens (tertiary/aromatic N) is 1. The molecule has 100 valence electrons. The highest BCUT2D eigenvalue weighted by Gasteiger charge is 2.10. The third-order valence-corrected chi connectivity index (χ3v) is 3.50. The Kier molecular flexibility index (Phi) is 4.58. The van der Waals surface area contributed by atoms with Crippen molar-refractivity contribution in [1.29, 1.82) is 0 Å². The van der Waals surface area contributed by atoms with Crippen molar-refractivity contribution in [2.24, 2.45) is 5.73 Å². The molecular formula is C17H22N2. The number of hydrogen-bond donors (Lipinski definition) is 1. The quantitative estimate of drug-likeness (QED) is 0.880. The Labute approximate surface area is 115 Å². The molecule has 0 aliphatic heterocycles. The van der Waals surface area contributed by atoms with Crippen LogP contribution in [0.3, 0.4) is 0 Å². The van der Waals surface area contributed by atoms with E-state index in [9.17, 15) is 0 Å². The molecule has 0 aliphatic carbocycles. The predicted octanol–water partition coefficient (Wildman–Crippen LogP) is 3.73. The molecule has 19 heavy (non-hydrogen) atoms. The molecule has 1 unspecified atom stereocenters. The zero-order chi connectivity index (χ0) is 13.7. The molecule has 2 aromatic carbocycles. The van der Waals surface area contributed by atoms with E-state index in [0.717, 1.165) is 12.8 Å². The second kappa shape index (κ2) is 6.39. The number of hydrogen-bond acceptors (Lipinski definition) is 2. The lowest BCUT2D eigenvalue weighted by Gasteiger charge is -2.23. The molecule has 0 amide bonds. The number of anilines is 2. The van der Waals surface area contributed by atoms with Gasteiger partial charge in [0.1, 0.15) is 0 Å². The van der Waals surface area contributed by atoms with Crippen molar-refractivity contribution in [3.8, 4) is 0 Å². The molecule has 2 aromatic rings. The highest BCUT2D eigenvalue weighted by Crippen LogP contribution is 2.27. The zero-order valence-corrected chi connectivity index (χ0v) is 11.7. The van der Waals surface area contributed by atoms with Gasteiger partial charge in [0.25, 0.3) is 0 Å². The van der Waals surface area contributed by atoms with Crippen LogP contribution in [-0.4, -0.2) is 13.1 Å². The first-order chi connectivity index (χ1) is 9.22. The van der Waals surface area contributed by atoms with Crippen molar-refractivity contribution in [2.45, 2.75) is 25.8 Å². The van der Waals surface area contributed by atoms with Gasteiger partial charge in [-0.25, -0.2) is 0 Å². The summed E-state index contributed by atoms with van der Waals surface area (Å²) in [4.78, 5) is 2.22. The van der Waals surface area contributed by atoms with E-state index in [1.807, 2.05) is 6.07 Å². The minimum Gasteiger partial charge on any atom is -0.344 e. The van der Waals surface area contributed by atoms with Gasteiger partial charge in [-0.1, -0.05) is 43.3 Å². The topological polar surface area (TPSA) is 29.3 Å². The molecule has 2 N–H and O–H groups in total. The monoisotopic (exact) mass is 254 g/mol. The third-order valence-electron chi connectivity index (χ3n) is 3.50. The average Bonchev–Trinajstić information content (AvgIpc) is 2.48. The molecule has 2 heteroatoms. The molecule has 0 aliphatic rings. The molecule has 0 spiro atoms. The van der Waals surface area contributed by atoms with E-state index in [1.165, 1.54) is 16.9 Å². The highest BCUT2D eigenvalue weighted by molar-refractivity contribution is 5.65. The van der Waals surface area contributed by atoms with Crippen molar-refractivity contribution in [3.63, 3.8) is 0 Å². The van der Waals surface area contributed by atoms with Crippen LogP contribution in [0.15, 0.2) is 54.6 Å². The summed E-state index contributed by atoms with van der Waals surface area (Å²) < 4.78 is 0. The smallest absolute Gasteiger partial charge is 0.0441 e. The molecule has 0 heterocycles. The van der Waals surface area contributed by atoms with E-state index in [4.69, 9.17) is 5.73 Å². The highest BCUT2D eigenvalue weighted by atomic mass is 15.1. The average molecular weight is 254 g/mol. The number of benzene rings is 2. The van der Waals surface area contributed by atoms with Crippen LogP contribution in [0.5, 0.6) is 0 Å². The van der Waals surface area contributed by atoms with Crippen LogP contribution in [0.1, 0.15) is 18.9 Å². The third kappa shape index (κ3) is 3.36. The fourth-order valence-corrected chi connectivity index (χ4v) is 2.23. The van der Waals surface area contributed by atoms with Crippen molar-refractivity contribution in [3.05, 3.63) is 60.2 Å². The maximum absolute atomic E-state index is 6.09. The van der Waals surface area contributed by atoms with E-state index in [2.05, 4.69) is 67.4 Å². The summed E-state index contributed by atoms with van der Waals surface area (Å²) in [5, 5.41) is 0. The Morgan fingerprint density at radius 3 is 2.32 bits per heavy atom. The fourth-order valence-electron chi connectivity index (χ4n) is 2.23. The number of rotatable bonds is 5. The van der Waals surface area contributed by atoms with Crippen LogP contribution in [0.25, 0.3) is 0 Å². The maximum atomic E-state index is 6.09. The first-order valence-electron chi connectivity index (χ1n) is 6.84. The maximum Gasteiger partial charge on any atom is 0.0441 e. The van der Waals surface area contributed by atoms with Gasteiger partial charge in [-0.3, -0.25) is 0 Å². The van der Waals surface area contributed by atoms with Gasteiger partial charge in [-0.05, 0) is 36.6 Å². The second-order valence-corrected chi connectivity index (χ2v) is 4.90. The number of para-hydroxylation sites is 2. The molecule has 1 atom stereocenters. The first-order valence-corrected chi connectivity index (χ1v) is 6.84. The lowest BCUT2D eigenvalue weighted by molar-refractivity contribution is 0.646. The number of nitrogens with two attached hydrogens (primary N) is 1. The summed E-state index contributed by atoms with van der Waals surface area (Å²) in [5.41, 5.74) is 9.83. The molecule has 0 bridgehead atoms. The van der Waals surface area contributed by atoms with Crippen LogP contribution in [-0.2, 0) is 6.42 Å². The summed E-state index contributed by atoms with van der Waals surface area (Å²) >= 11 is 0. The van der Waals surface area contributed by atoms with Gasteiger partial charge >= 0.3 is 0 Å². The molecule has 2 rings (SSSR count). The van der Waals surface area contributed by atoms with Gasteiger partial charge in [0.05, 0.1) is 0 Å². The van der Waals surface area contributed by atoms with Gasteiger partial charge in [-0.2, -0.15) is 0 Å².